The molecule has 0 aliphatic heterocycles. The number of aromatic nitrogens is 3. The van der Waals surface area contributed by atoms with E-state index < -0.39 is 11.8 Å². The lowest BCUT2D eigenvalue weighted by atomic mass is 10.1. The first-order chi connectivity index (χ1) is 9.58. The molecule has 2 heterocycles. The number of hydrogen-bond donors (Lipinski definition) is 1. The van der Waals surface area contributed by atoms with Crippen molar-refractivity contribution in [3.8, 4) is 5.69 Å². The highest BCUT2D eigenvalue weighted by molar-refractivity contribution is 6.01. The predicted octanol–water partition coefficient (Wildman–Crippen LogP) is 2.57. The molecule has 0 saturated carbocycles. The molecule has 100 valence electrons. The van der Waals surface area contributed by atoms with Crippen LogP contribution in [0.5, 0.6) is 0 Å². The van der Waals surface area contributed by atoms with Crippen LogP contribution in [0.3, 0.4) is 0 Å². The minimum absolute atomic E-state index is 0.107. The van der Waals surface area contributed by atoms with Crippen LogP contribution in [0.1, 0.15) is 16.1 Å². The van der Waals surface area contributed by atoms with Gasteiger partial charge in [-0.15, -0.1) is 0 Å². The van der Waals surface area contributed by atoms with E-state index in [0.29, 0.717) is 16.7 Å². The number of para-hydroxylation sites is 1. The Morgan fingerprint density at radius 3 is 2.80 bits per heavy atom. The number of carboxylic acids is 1. The van der Waals surface area contributed by atoms with Crippen molar-refractivity contribution in [2.75, 3.05) is 0 Å². The monoisotopic (exact) mass is 271 g/mol. The Morgan fingerprint density at radius 2 is 2.10 bits per heavy atom. The fraction of sp³-hybridized carbons (Fsp3) is 0.0714. The third-order valence-corrected chi connectivity index (χ3v) is 2.98. The summed E-state index contributed by atoms with van der Waals surface area (Å²) in [5.41, 5.74) is 1.20. The molecule has 3 aromatic rings. The Kier molecular flexibility index (Phi) is 2.71. The van der Waals surface area contributed by atoms with Crippen molar-refractivity contribution in [1.82, 2.24) is 14.8 Å². The molecule has 3 rings (SSSR count). The van der Waals surface area contributed by atoms with Gasteiger partial charge in [0.1, 0.15) is 11.5 Å². The average molecular weight is 271 g/mol. The standard InChI is InChI=1S/C14H10FN3O2/c1-8-6-9(14(19)20)10-7-16-18(13(10)17-8)12-5-3-2-4-11(12)15/h2-7H,1H3,(H,19,20). The number of nitrogens with zero attached hydrogens (tertiary/aromatic N) is 3. The first-order valence-electron chi connectivity index (χ1n) is 5.91. The number of carboxylic acid groups (broad SMARTS) is 1. The largest absolute Gasteiger partial charge is 0.478 e. The van der Waals surface area contributed by atoms with Crippen LogP contribution in [0.25, 0.3) is 16.7 Å². The molecular formula is C14H10FN3O2. The first kappa shape index (κ1) is 12.3. The molecule has 0 unspecified atom stereocenters. The van der Waals surface area contributed by atoms with Crippen LogP contribution in [0.2, 0.25) is 0 Å². The van der Waals surface area contributed by atoms with Gasteiger partial charge in [0.05, 0.1) is 17.1 Å². The van der Waals surface area contributed by atoms with E-state index in [1.165, 1.54) is 23.0 Å². The lowest BCUT2D eigenvalue weighted by Gasteiger charge is -2.05. The van der Waals surface area contributed by atoms with E-state index in [2.05, 4.69) is 10.1 Å². The summed E-state index contributed by atoms with van der Waals surface area (Å²) in [4.78, 5) is 15.5. The molecule has 0 radical (unpaired) electrons. The lowest BCUT2D eigenvalue weighted by Crippen LogP contribution is -2.03. The molecule has 20 heavy (non-hydrogen) atoms. The predicted molar refractivity (Wildman–Crippen MR) is 70.5 cm³/mol. The molecule has 0 aliphatic rings. The number of hydrogen-bond acceptors (Lipinski definition) is 3. The fourth-order valence-corrected chi connectivity index (χ4v) is 2.10. The number of halogens is 1. The maximum atomic E-state index is 13.8. The van der Waals surface area contributed by atoms with Crippen molar-refractivity contribution >= 4 is 17.0 Å². The van der Waals surface area contributed by atoms with Gasteiger partial charge >= 0.3 is 5.97 Å². The zero-order valence-electron chi connectivity index (χ0n) is 10.5. The summed E-state index contributed by atoms with van der Waals surface area (Å²) in [7, 11) is 0. The molecule has 1 aromatic carbocycles. The van der Waals surface area contributed by atoms with Crippen LogP contribution >= 0.6 is 0 Å². The number of aryl methyl sites for hydroxylation is 1. The molecule has 0 fully saturated rings. The van der Waals surface area contributed by atoms with E-state index in [1.807, 2.05) is 0 Å². The SMILES string of the molecule is Cc1cc(C(=O)O)c2cnn(-c3ccccc3F)c2n1. The smallest absolute Gasteiger partial charge is 0.336 e. The molecule has 0 atom stereocenters. The quantitative estimate of drug-likeness (QED) is 0.777. The van der Waals surface area contributed by atoms with Gasteiger partial charge in [-0.2, -0.15) is 5.10 Å². The van der Waals surface area contributed by atoms with E-state index >= 15 is 0 Å². The molecule has 0 saturated heterocycles. The fourth-order valence-electron chi connectivity index (χ4n) is 2.10. The van der Waals surface area contributed by atoms with Gasteiger partial charge in [-0.05, 0) is 25.1 Å². The number of fused-ring (bicyclic) bond motifs is 1. The Hall–Kier alpha value is -2.76. The van der Waals surface area contributed by atoms with Gasteiger partial charge in [0.25, 0.3) is 0 Å². The second kappa shape index (κ2) is 4.41. The normalized spacial score (nSPS) is 10.9. The second-order valence-electron chi connectivity index (χ2n) is 4.36. The van der Waals surface area contributed by atoms with E-state index in [0.717, 1.165) is 0 Å². The molecule has 0 aliphatic carbocycles. The zero-order valence-corrected chi connectivity index (χ0v) is 10.5. The zero-order chi connectivity index (χ0) is 14.3. The van der Waals surface area contributed by atoms with Crippen LogP contribution in [0.15, 0.2) is 36.5 Å². The molecule has 0 amide bonds. The van der Waals surface area contributed by atoms with Crippen LogP contribution in [-0.2, 0) is 0 Å². The van der Waals surface area contributed by atoms with Crippen molar-refractivity contribution < 1.29 is 14.3 Å². The number of carbonyl (C=O) groups is 1. The topological polar surface area (TPSA) is 68.0 Å². The van der Waals surface area contributed by atoms with Crippen molar-refractivity contribution in [3.63, 3.8) is 0 Å². The highest BCUT2D eigenvalue weighted by atomic mass is 19.1. The van der Waals surface area contributed by atoms with Crippen LogP contribution < -0.4 is 0 Å². The first-order valence-corrected chi connectivity index (χ1v) is 5.91. The van der Waals surface area contributed by atoms with Crippen molar-refractivity contribution in [1.29, 1.82) is 0 Å². The van der Waals surface area contributed by atoms with Gasteiger partial charge < -0.3 is 5.11 Å². The summed E-state index contributed by atoms with van der Waals surface area (Å²) in [5, 5.41) is 13.6. The van der Waals surface area contributed by atoms with Crippen molar-refractivity contribution in [3.05, 3.63) is 53.6 Å². The molecule has 5 nitrogen and oxygen atoms in total. The third kappa shape index (κ3) is 1.82. The van der Waals surface area contributed by atoms with Gasteiger partial charge in [0.15, 0.2) is 5.65 Å². The maximum absolute atomic E-state index is 13.8. The van der Waals surface area contributed by atoms with E-state index in [-0.39, 0.29) is 11.3 Å². The lowest BCUT2D eigenvalue weighted by molar-refractivity contribution is 0.0699. The van der Waals surface area contributed by atoms with E-state index in [9.17, 15) is 14.3 Å². The van der Waals surface area contributed by atoms with Crippen LogP contribution in [-0.4, -0.2) is 25.8 Å². The minimum Gasteiger partial charge on any atom is -0.478 e. The molecule has 6 heteroatoms. The average Bonchev–Trinajstić information content (AvgIpc) is 2.81. The summed E-state index contributed by atoms with van der Waals surface area (Å²) in [6.45, 7) is 1.69. The number of aromatic carboxylic acids is 1. The molecule has 0 spiro atoms. The third-order valence-electron chi connectivity index (χ3n) is 2.98. The van der Waals surface area contributed by atoms with Crippen molar-refractivity contribution in [2.45, 2.75) is 6.92 Å². The van der Waals surface area contributed by atoms with E-state index in [4.69, 9.17) is 0 Å². The Morgan fingerprint density at radius 1 is 1.35 bits per heavy atom. The van der Waals surface area contributed by atoms with Crippen molar-refractivity contribution in [2.24, 2.45) is 0 Å². The molecule has 0 bridgehead atoms. The number of rotatable bonds is 2. The van der Waals surface area contributed by atoms with Gasteiger partial charge in [-0.1, -0.05) is 12.1 Å². The summed E-state index contributed by atoms with van der Waals surface area (Å²) in [6.07, 6.45) is 1.39. The Bertz CT molecular complexity index is 826. The highest BCUT2D eigenvalue weighted by Crippen LogP contribution is 2.22. The summed E-state index contributed by atoms with van der Waals surface area (Å²) < 4.78 is 15.1. The Balaban J connectivity index is 2.35. The number of benzene rings is 1. The maximum Gasteiger partial charge on any atom is 0.336 e. The summed E-state index contributed by atoms with van der Waals surface area (Å²) >= 11 is 0. The van der Waals surface area contributed by atoms with Crippen LogP contribution in [0, 0.1) is 12.7 Å². The molecule has 2 aromatic heterocycles. The molecule has 1 N–H and O–H groups in total. The molecular weight excluding hydrogens is 261 g/mol. The second-order valence-corrected chi connectivity index (χ2v) is 4.36. The summed E-state index contributed by atoms with van der Waals surface area (Å²) in [6, 6.07) is 7.60. The highest BCUT2D eigenvalue weighted by Gasteiger charge is 2.16. The van der Waals surface area contributed by atoms with Crippen LogP contribution in [0.4, 0.5) is 4.39 Å². The van der Waals surface area contributed by atoms with Gasteiger partial charge in [0.2, 0.25) is 0 Å². The van der Waals surface area contributed by atoms with E-state index in [1.54, 1.807) is 25.1 Å². The summed E-state index contributed by atoms with van der Waals surface area (Å²) in [5.74, 6) is -1.51. The van der Waals surface area contributed by atoms with Gasteiger partial charge in [0, 0.05) is 5.69 Å². The Labute approximate surface area is 113 Å². The van der Waals surface area contributed by atoms with Gasteiger partial charge in [-0.3, -0.25) is 0 Å². The number of pyridine rings is 1. The van der Waals surface area contributed by atoms with Gasteiger partial charge in [-0.25, -0.2) is 18.9 Å². The minimum atomic E-state index is -1.06.